The molecular weight excluding hydrogens is 380 g/mol. The maximum Gasteiger partial charge on any atom is 0.267 e. The maximum atomic E-state index is 12.6. The van der Waals surface area contributed by atoms with E-state index in [0.717, 1.165) is 36.2 Å². The molecule has 0 saturated carbocycles. The van der Waals surface area contributed by atoms with Crippen LogP contribution in [0.15, 0.2) is 71.5 Å². The summed E-state index contributed by atoms with van der Waals surface area (Å²) in [6.45, 7) is 1.31. The van der Waals surface area contributed by atoms with Crippen LogP contribution in [0.4, 0.5) is 5.69 Å². The standard InChI is InChI=1S/C23H22N4O3/c28-21(16-27-22(29)12-11-20(25-27)17-7-2-1-3-8-17)24-19-10-6-9-18(15-19)23(30)26-13-4-5-14-26/h1-3,6-12,15H,4-5,13-14,16H2,(H,24,28). The fourth-order valence-corrected chi connectivity index (χ4v) is 3.49. The van der Waals surface area contributed by atoms with Crippen LogP contribution >= 0.6 is 0 Å². The van der Waals surface area contributed by atoms with Gasteiger partial charge in [-0.15, -0.1) is 0 Å². The van der Waals surface area contributed by atoms with Gasteiger partial charge in [0.25, 0.3) is 11.5 Å². The van der Waals surface area contributed by atoms with Gasteiger partial charge in [-0.1, -0.05) is 36.4 Å². The Morgan fingerprint density at radius 1 is 0.933 bits per heavy atom. The van der Waals surface area contributed by atoms with Gasteiger partial charge in [-0.2, -0.15) is 5.10 Å². The number of rotatable bonds is 5. The summed E-state index contributed by atoms with van der Waals surface area (Å²) in [5.41, 5.74) is 2.16. The summed E-state index contributed by atoms with van der Waals surface area (Å²) >= 11 is 0. The van der Waals surface area contributed by atoms with E-state index < -0.39 is 0 Å². The molecule has 2 aromatic carbocycles. The molecule has 0 aliphatic carbocycles. The lowest BCUT2D eigenvalue weighted by Gasteiger charge is -2.16. The smallest absolute Gasteiger partial charge is 0.267 e. The van der Waals surface area contributed by atoms with Gasteiger partial charge in [0.05, 0.1) is 5.69 Å². The minimum absolute atomic E-state index is 0.0305. The van der Waals surface area contributed by atoms with Crippen LogP contribution in [-0.4, -0.2) is 39.6 Å². The number of likely N-dealkylation sites (tertiary alicyclic amines) is 1. The van der Waals surface area contributed by atoms with Gasteiger partial charge in [-0.25, -0.2) is 4.68 Å². The Hall–Kier alpha value is -3.74. The first kappa shape index (κ1) is 19.6. The second-order valence-electron chi connectivity index (χ2n) is 7.21. The Balaban J connectivity index is 1.47. The first-order valence-corrected chi connectivity index (χ1v) is 9.93. The zero-order valence-electron chi connectivity index (χ0n) is 16.5. The summed E-state index contributed by atoms with van der Waals surface area (Å²) in [5.74, 6) is -0.419. The summed E-state index contributed by atoms with van der Waals surface area (Å²) in [6.07, 6.45) is 2.04. The monoisotopic (exact) mass is 402 g/mol. The van der Waals surface area contributed by atoms with E-state index in [1.54, 1.807) is 30.3 Å². The van der Waals surface area contributed by atoms with Crippen molar-refractivity contribution in [2.24, 2.45) is 0 Å². The minimum atomic E-state index is -0.388. The summed E-state index contributed by atoms with van der Waals surface area (Å²) in [5, 5.41) is 7.06. The third-order valence-corrected chi connectivity index (χ3v) is 5.02. The second kappa shape index (κ2) is 8.73. The first-order valence-electron chi connectivity index (χ1n) is 9.93. The Morgan fingerprint density at radius 3 is 2.47 bits per heavy atom. The minimum Gasteiger partial charge on any atom is -0.339 e. The molecule has 1 aromatic heterocycles. The van der Waals surface area contributed by atoms with E-state index in [-0.39, 0.29) is 23.9 Å². The lowest BCUT2D eigenvalue weighted by molar-refractivity contribution is -0.117. The summed E-state index contributed by atoms with van der Waals surface area (Å²) in [6, 6.07) is 19.3. The van der Waals surface area contributed by atoms with Crippen LogP contribution in [0.25, 0.3) is 11.3 Å². The number of carbonyl (C=O) groups excluding carboxylic acids is 2. The van der Waals surface area contributed by atoms with E-state index in [2.05, 4.69) is 10.4 Å². The maximum absolute atomic E-state index is 12.6. The average Bonchev–Trinajstić information content (AvgIpc) is 3.30. The van der Waals surface area contributed by atoms with Gasteiger partial charge in [-0.3, -0.25) is 14.4 Å². The lowest BCUT2D eigenvalue weighted by atomic mass is 10.1. The molecule has 1 saturated heterocycles. The van der Waals surface area contributed by atoms with Gasteiger partial charge in [-0.05, 0) is 37.1 Å². The number of nitrogens with zero attached hydrogens (tertiary/aromatic N) is 3. The second-order valence-corrected chi connectivity index (χ2v) is 7.21. The van der Waals surface area contributed by atoms with Crippen LogP contribution < -0.4 is 10.9 Å². The van der Waals surface area contributed by atoms with Crippen molar-refractivity contribution < 1.29 is 9.59 Å². The molecule has 1 fully saturated rings. The third-order valence-electron chi connectivity index (χ3n) is 5.02. The van der Waals surface area contributed by atoms with Crippen LogP contribution in [-0.2, 0) is 11.3 Å². The predicted octanol–water partition coefficient (Wildman–Crippen LogP) is 2.79. The van der Waals surface area contributed by atoms with Crippen LogP contribution in [0.3, 0.4) is 0 Å². The molecule has 1 N–H and O–H groups in total. The Bertz CT molecular complexity index is 1120. The Kier molecular flexibility index (Phi) is 5.70. The predicted molar refractivity (Wildman–Crippen MR) is 114 cm³/mol. The highest BCUT2D eigenvalue weighted by Crippen LogP contribution is 2.17. The van der Waals surface area contributed by atoms with E-state index >= 15 is 0 Å². The molecule has 2 heterocycles. The highest BCUT2D eigenvalue weighted by atomic mass is 16.2. The molecule has 7 heteroatoms. The van der Waals surface area contributed by atoms with Gasteiger partial charge in [0, 0.05) is 36.0 Å². The lowest BCUT2D eigenvalue weighted by Crippen LogP contribution is -2.29. The normalized spacial score (nSPS) is 13.3. The molecule has 0 spiro atoms. The van der Waals surface area contributed by atoms with Crippen LogP contribution in [0, 0.1) is 0 Å². The zero-order chi connectivity index (χ0) is 20.9. The summed E-state index contributed by atoms with van der Waals surface area (Å²) in [7, 11) is 0. The fourth-order valence-electron chi connectivity index (χ4n) is 3.49. The number of benzene rings is 2. The van der Waals surface area contributed by atoms with Crippen molar-refractivity contribution in [2.75, 3.05) is 18.4 Å². The third kappa shape index (κ3) is 4.46. The van der Waals surface area contributed by atoms with E-state index in [0.29, 0.717) is 16.9 Å². The topological polar surface area (TPSA) is 84.3 Å². The zero-order valence-corrected chi connectivity index (χ0v) is 16.5. The van der Waals surface area contributed by atoms with Crippen molar-refractivity contribution in [3.8, 4) is 11.3 Å². The SMILES string of the molecule is O=C(Cn1nc(-c2ccccc2)ccc1=O)Nc1cccc(C(=O)N2CCCC2)c1. The van der Waals surface area contributed by atoms with Gasteiger partial charge >= 0.3 is 0 Å². The van der Waals surface area contributed by atoms with Crippen LogP contribution in [0.2, 0.25) is 0 Å². The fraction of sp³-hybridized carbons (Fsp3) is 0.217. The first-order chi connectivity index (χ1) is 14.6. The quantitative estimate of drug-likeness (QED) is 0.711. The molecule has 0 bridgehead atoms. The Labute approximate surface area is 174 Å². The molecule has 1 aliphatic heterocycles. The molecule has 1 aliphatic rings. The summed E-state index contributed by atoms with van der Waals surface area (Å²) < 4.78 is 1.14. The molecular formula is C23H22N4O3. The van der Waals surface area contributed by atoms with Gasteiger partial charge < -0.3 is 10.2 Å². The van der Waals surface area contributed by atoms with E-state index in [4.69, 9.17) is 0 Å². The largest absolute Gasteiger partial charge is 0.339 e. The molecule has 30 heavy (non-hydrogen) atoms. The van der Waals surface area contributed by atoms with Gasteiger partial charge in [0.1, 0.15) is 6.54 Å². The van der Waals surface area contributed by atoms with Crippen LogP contribution in [0.5, 0.6) is 0 Å². The van der Waals surface area contributed by atoms with Gasteiger partial charge in [0.15, 0.2) is 0 Å². The molecule has 0 unspecified atom stereocenters. The number of hydrogen-bond donors (Lipinski definition) is 1. The highest BCUT2D eigenvalue weighted by molar-refractivity contribution is 5.97. The van der Waals surface area contributed by atoms with E-state index in [1.807, 2.05) is 35.2 Å². The molecule has 152 valence electrons. The van der Waals surface area contributed by atoms with Gasteiger partial charge in [0.2, 0.25) is 5.91 Å². The number of carbonyl (C=O) groups is 2. The van der Waals surface area contributed by atoms with E-state index in [1.165, 1.54) is 6.07 Å². The molecule has 3 aromatic rings. The van der Waals surface area contributed by atoms with Crippen molar-refractivity contribution in [3.63, 3.8) is 0 Å². The van der Waals surface area contributed by atoms with Crippen molar-refractivity contribution >= 4 is 17.5 Å². The average molecular weight is 402 g/mol. The molecule has 7 nitrogen and oxygen atoms in total. The number of hydrogen-bond acceptors (Lipinski definition) is 4. The van der Waals surface area contributed by atoms with Crippen molar-refractivity contribution in [2.45, 2.75) is 19.4 Å². The number of anilines is 1. The number of nitrogens with one attached hydrogen (secondary N) is 1. The number of aromatic nitrogens is 2. The molecule has 4 rings (SSSR count). The van der Waals surface area contributed by atoms with Crippen molar-refractivity contribution in [1.82, 2.24) is 14.7 Å². The Morgan fingerprint density at radius 2 is 1.70 bits per heavy atom. The molecule has 2 amide bonds. The van der Waals surface area contributed by atoms with Crippen molar-refractivity contribution in [3.05, 3.63) is 82.6 Å². The summed E-state index contributed by atoms with van der Waals surface area (Å²) in [4.78, 5) is 39.0. The molecule has 0 atom stereocenters. The highest BCUT2D eigenvalue weighted by Gasteiger charge is 2.19. The van der Waals surface area contributed by atoms with E-state index in [9.17, 15) is 14.4 Å². The van der Waals surface area contributed by atoms with Crippen LogP contribution in [0.1, 0.15) is 23.2 Å². The van der Waals surface area contributed by atoms with Crippen molar-refractivity contribution in [1.29, 1.82) is 0 Å². The number of amides is 2. The molecule has 0 radical (unpaired) electrons.